The van der Waals surface area contributed by atoms with Crippen LogP contribution < -0.4 is 5.63 Å². The molecule has 0 aliphatic heterocycles. The smallest absolute Gasteiger partial charge is 0.347 e. The van der Waals surface area contributed by atoms with Gasteiger partial charge in [-0.25, -0.2) is 4.79 Å². The molecule has 0 aliphatic rings. The van der Waals surface area contributed by atoms with Gasteiger partial charge < -0.3 is 9.52 Å². The number of rotatable bonds is 1. The van der Waals surface area contributed by atoms with Crippen molar-refractivity contribution < 1.29 is 9.52 Å². The van der Waals surface area contributed by atoms with Gasteiger partial charge in [-0.3, -0.25) is 0 Å². The molecule has 0 saturated heterocycles. The van der Waals surface area contributed by atoms with Gasteiger partial charge in [0.15, 0.2) is 0 Å². The first kappa shape index (κ1) is 12.5. The molecule has 0 saturated carbocycles. The SMILES string of the molecule is Cc1ccc(C)c(-c2c(O)c3ccccc3oc2=O)c1. The lowest BCUT2D eigenvalue weighted by molar-refractivity contribution is 0.471. The van der Waals surface area contributed by atoms with E-state index in [0.717, 1.165) is 11.1 Å². The number of hydrogen-bond donors (Lipinski definition) is 1. The van der Waals surface area contributed by atoms with Gasteiger partial charge in [0.1, 0.15) is 16.9 Å². The van der Waals surface area contributed by atoms with Crippen LogP contribution in [0.2, 0.25) is 0 Å². The van der Waals surface area contributed by atoms with Gasteiger partial charge in [-0.2, -0.15) is 0 Å². The molecule has 20 heavy (non-hydrogen) atoms. The summed E-state index contributed by atoms with van der Waals surface area (Å²) < 4.78 is 5.31. The van der Waals surface area contributed by atoms with Crippen LogP contribution in [0.3, 0.4) is 0 Å². The van der Waals surface area contributed by atoms with Crippen molar-refractivity contribution >= 4 is 11.0 Å². The average Bonchev–Trinajstić information content (AvgIpc) is 2.42. The monoisotopic (exact) mass is 266 g/mol. The lowest BCUT2D eigenvalue weighted by Gasteiger charge is -2.09. The second kappa shape index (κ2) is 4.53. The second-order valence-electron chi connectivity index (χ2n) is 4.93. The minimum absolute atomic E-state index is 0.0226. The number of fused-ring (bicyclic) bond motifs is 1. The van der Waals surface area contributed by atoms with E-state index in [0.29, 0.717) is 16.5 Å². The summed E-state index contributed by atoms with van der Waals surface area (Å²) in [5.41, 5.74) is 2.76. The van der Waals surface area contributed by atoms with Gasteiger partial charge in [0, 0.05) is 0 Å². The van der Waals surface area contributed by atoms with Gasteiger partial charge >= 0.3 is 5.63 Å². The molecule has 3 nitrogen and oxygen atoms in total. The van der Waals surface area contributed by atoms with Crippen LogP contribution in [-0.4, -0.2) is 5.11 Å². The third-order valence-corrected chi connectivity index (χ3v) is 3.45. The number of para-hydroxylation sites is 1. The highest BCUT2D eigenvalue weighted by Gasteiger charge is 2.17. The first-order valence-electron chi connectivity index (χ1n) is 6.40. The predicted molar refractivity (Wildman–Crippen MR) is 79.1 cm³/mol. The van der Waals surface area contributed by atoms with Crippen LogP contribution in [-0.2, 0) is 0 Å². The Kier molecular flexibility index (Phi) is 2.83. The molecule has 3 rings (SSSR count). The molecule has 2 aromatic carbocycles. The molecule has 0 aliphatic carbocycles. The zero-order valence-corrected chi connectivity index (χ0v) is 11.3. The van der Waals surface area contributed by atoms with Gasteiger partial charge in [0.05, 0.1) is 5.39 Å². The van der Waals surface area contributed by atoms with Crippen molar-refractivity contribution in [3.8, 4) is 16.9 Å². The molecule has 3 aromatic rings. The maximum absolute atomic E-state index is 12.2. The van der Waals surface area contributed by atoms with E-state index >= 15 is 0 Å². The van der Waals surface area contributed by atoms with Gasteiger partial charge in [-0.15, -0.1) is 0 Å². The highest BCUT2D eigenvalue weighted by atomic mass is 16.4. The molecule has 0 spiro atoms. The Balaban J connectivity index is 2.42. The van der Waals surface area contributed by atoms with Gasteiger partial charge in [-0.1, -0.05) is 35.9 Å². The van der Waals surface area contributed by atoms with E-state index < -0.39 is 5.63 Å². The molecule has 0 bridgehead atoms. The summed E-state index contributed by atoms with van der Waals surface area (Å²) in [4.78, 5) is 12.2. The average molecular weight is 266 g/mol. The van der Waals surface area contributed by atoms with Crippen LogP contribution in [0.15, 0.2) is 51.7 Å². The lowest BCUT2D eigenvalue weighted by atomic mass is 9.98. The number of hydrogen-bond acceptors (Lipinski definition) is 3. The first-order chi connectivity index (χ1) is 9.58. The fourth-order valence-electron chi connectivity index (χ4n) is 2.38. The molecule has 100 valence electrons. The Morgan fingerprint density at radius 1 is 1.05 bits per heavy atom. The summed E-state index contributed by atoms with van der Waals surface area (Å²) >= 11 is 0. The van der Waals surface area contributed by atoms with E-state index in [2.05, 4.69) is 0 Å². The maximum Gasteiger partial charge on any atom is 0.347 e. The van der Waals surface area contributed by atoms with Crippen molar-refractivity contribution in [2.24, 2.45) is 0 Å². The highest BCUT2D eigenvalue weighted by Crippen LogP contribution is 2.34. The van der Waals surface area contributed by atoms with Crippen LogP contribution >= 0.6 is 0 Å². The molecule has 0 atom stereocenters. The zero-order chi connectivity index (χ0) is 14.3. The van der Waals surface area contributed by atoms with Crippen molar-refractivity contribution in [2.75, 3.05) is 0 Å². The fourth-order valence-corrected chi connectivity index (χ4v) is 2.38. The summed E-state index contributed by atoms with van der Waals surface area (Å²) in [5, 5.41) is 11.0. The van der Waals surface area contributed by atoms with Gasteiger partial charge in [-0.05, 0) is 37.1 Å². The Labute approximate surface area is 116 Å². The Hall–Kier alpha value is -2.55. The van der Waals surface area contributed by atoms with Gasteiger partial charge in [0.25, 0.3) is 0 Å². The van der Waals surface area contributed by atoms with Crippen LogP contribution in [0.4, 0.5) is 0 Å². The summed E-state index contributed by atoms with van der Waals surface area (Å²) in [6.45, 7) is 3.85. The standard InChI is InChI=1S/C17H14O3/c1-10-7-8-11(2)13(9-10)15-16(18)12-5-3-4-6-14(12)20-17(15)19/h3-9,18H,1-2H3. The van der Waals surface area contributed by atoms with Crippen molar-refractivity contribution in [1.29, 1.82) is 0 Å². The third kappa shape index (κ3) is 1.88. The van der Waals surface area contributed by atoms with E-state index in [1.54, 1.807) is 24.3 Å². The van der Waals surface area contributed by atoms with E-state index in [4.69, 9.17) is 4.42 Å². The largest absolute Gasteiger partial charge is 0.506 e. The Bertz CT molecular complexity index is 860. The summed E-state index contributed by atoms with van der Waals surface area (Å²) in [6.07, 6.45) is 0. The minimum atomic E-state index is -0.519. The second-order valence-corrected chi connectivity index (χ2v) is 4.93. The number of aromatic hydroxyl groups is 1. The Morgan fingerprint density at radius 3 is 2.60 bits per heavy atom. The normalized spacial score (nSPS) is 10.9. The molecular formula is C17H14O3. The Morgan fingerprint density at radius 2 is 1.80 bits per heavy atom. The van der Waals surface area contributed by atoms with Crippen LogP contribution in [0.25, 0.3) is 22.1 Å². The molecule has 3 heteroatoms. The zero-order valence-electron chi connectivity index (χ0n) is 11.3. The van der Waals surface area contributed by atoms with Crippen molar-refractivity contribution in [2.45, 2.75) is 13.8 Å². The van der Waals surface area contributed by atoms with Crippen molar-refractivity contribution in [3.05, 3.63) is 64.0 Å². The van der Waals surface area contributed by atoms with E-state index in [1.165, 1.54) is 0 Å². The minimum Gasteiger partial charge on any atom is -0.506 e. The maximum atomic E-state index is 12.2. The van der Waals surface area contributed by atoms with Crippen LogP contribution in [0.5, 0.6) is 5.75 Å². The molecule has 0 fully saturated rings. The van der Waals surface area contributed by atoms with Crippen LogP contribution in [0.1, 0.15) is 11.1 Å². The third-order valence-electron chi connectivity index (χ3n) is 3.45. The molecule has 1 N–H and O–H groups in total. The number of benzene rings is 2. The highest BCUT2D eigenvalue weighted by molar-refractivity contribution is 5.90. The summed E-state index contributed by atoms with van der Waals surface area (Å²) in [7, 11) is 0. The quantitative estimate of drug-likeness (QED) is 0.682. The molecule has 0 amide bonds. The molecular weight excluding hydrogens is 252 g/mol. The molecule has 1 aromatic heterocycles. The molecule has 0 radical (unpaired) electrons. The summed E-state index contributed by atoms with van der Waals surface area (Å²) in [5.74, 6) is -0.0226. The summed E-state index contributed by atoms with van der Waals surface area (Å²) in [6, 6.07) is 12.8. The molecule has 0 unspecified atom stereocenters. The molecule has 1 heterocycles. The van der Waals surface area contributed by atoms with Crippen molar-refractivity contribution in [1.82, 2.24) is 0 Å². The van der Waals surface area contributed by atoms with Gasteiger partial charge in [0.2, 0.25) is 0 Å². The van der Waals surface area contributed by atoms with Crippen molar-refractivity contribution in [3.63, 3.8) is 0 Å². The van der Waals surface area contributed by atoms with E-state index in [-0.39, 0.29) is 11.3 Å². The number of aryl methyl sites for hydroxylation is 2. The topological polar surface area (TPSA) is 50.4 Å². The lowest BCUT2D eigenvalue weighted by Crippen LogP contribution is -2.04. The van der Waals surface area contributed by atoms with E-state index in [1.807, 2.05) is 32.0 Å². The fraction of sp³-hybridized carbons (Fsp3) is 0.118. The van der Waals surface area contributed by atoms with Crippen LogP contribution in [0, 0.1) is 13.8 Å². The first-order valence-corrected chi connectivity index (χ1v) is 6.40. The predicted octanol–water partition coefficient (Wildman–Crippen LogP) is 3.78. The van der Waals surface area contributed by atoms with E-state index in [9.17, 15) is 9.90 Å².